The van der Waals surface area contributed by atoms with Crippen molar-refractivity contribution >= 4 is 17.4 Å². The normalized spacial score (nSPS) is 18.1. The van der Waals surface area contributed by atoms with E-state index in [0.29, 0.717) is 21.8 Å². The molecule has 3 nitrogen and oxygen atoms in total. The molecule has 1 fully saturated rings. The Kier molecular flexibility index (Phi) is 4.08. The molecule has 1 aliphatic rings. The van der Waals surface area contributed by atoms with Gasteiger partial charge >= 0.3 is 0 Å². The van der Waals surface area contributed by atoms with Crippen LogP contribution in [-0.2, 0) is 0 Å². The van der Waals surface area contributed by atoms with E-state index in [1.54, 1.807) is 12.3 Å². The first-order chi connectivity index (χ1) is 8.64. The van der Waals surface area contributed by atoms with Gasteiger partial charge in [-0.25, -0.2) is 4.98 Å². The van der Waals surface area contributed by atoms with Crippen molar-refractivity contribution in [3.8, 4) is 6.07 Å². The number of nitriles is 1. The number of anilines is 1. The molecule has 1 aromatic rings. The van der Waals surface area contributed by atoms with Crippen LogP contribution in [0, 0.1) is 16.7 Å². The molecule has 18 heavy (non-hydrogen) atoms. The topological polar surface area (TPSA) is 48.7 Å². The molecule has 0 atom stereocenters. The maximum Gasteiger partial charge on any atom is 0.146 e. The van der Waals surface area contributed by atoms with Gasteiger partial charge in [-0.3, -0.25) is 0 Å². The molecule has 0 unspecified atom stereocenters. The fourth-order valence-corrected chi connectivity index (χ4v) is 2.75. The summed E-state index contributed by atoms with van der Waals surface area (Å²) >= 11 is 6.12. The third-order valence-corrected chi connectivity index (χ3v) is 4.14. The lowest BCUT2D eigenvalue weighted by atomic mass is 9.76. The molecule has 0 bridgehead atoms. The first-order valence-corrected chi connectivity index (χ1v) is 6.81. The van der Waals surface area contributed by atoms with Crippen LogP contribution in [0.1, 0.15) is 44.6 Å². The first kappa shape index (κ1) is 13.2. The van der Waals surface area contributed by atoms with Crippen LogP contribution < -0.4 is 5.32 Å². The number of halogens is 1. The Morgan fingerprint density at radius 1 is 1.44 bits per heavy atom. The van der Waals surface area contributed by atoms with E-state index >= 15 is 0 Å². The van der Waals surface area contributed by atoms with Crippen LogP contribution in [0.2, 0.25) is 5.02 Å². The van der Waals surface area contributed by atoms with E-state index in [2.05, 4.69) is 23.3 Å². The average molecular weight is 264 g/mol. The van der Waals surface area contributed by atoms with Gasteiger partial charge in [-0.2, -0.15) is 5.26 Å². The van der Waals surface area contributed by atoms with Gasteiger partial charge in [-0.05, 0) is 24.3 Å². The third-order valence-electron chi connectivity index (χ3n) is 3.75. The maximum atomic E-state index is 8.92. The number of nitrogens with one attached hydrogen (secondary N) is 1. The van der Waals surface area contributed by atoms with Crippen LogP contribution in [-0.4, -0.2) is 11.5 Å². The lowest BCUT2D eigenvalue weighted by Crippen LogP contribution is -2.29. The van der Waals surface area contributed by atoms with E-state index in [0.717, 1.165) is 6.54 Å². The van der Waals surface area contributed by atoms with Gasteiger partial charge in [0.1, 0.15) is 16.9 Å². The van der Waals surface area contributed by atoms with Gasteiger partial charge in [-0.15, -0.1) is 0 Å². The SMILES string of the molecule is CC1(CNc2nccc(C#N)c2Cl)CCCCC1. The van der Waals surface area contributed by atoms with Gasteiger partial charge in [-0.1, -0.05) is 37.8 Å². The van der Waals surface area contributed by atoms with E-state index in [9.17, 15) is 0 Å². The molecular weight excluding hydrogens is 246 g/mol. The van der Waals surface area contributed by atoms with Crippen molar-refractivity contribution < 1.29 is 0 Å². The van der Waals surface area contributed by atoms with Crippen molar-refractivity contribution in [2.75, 3.05) is 11.9 Å². The summed E-state index contributed by atoms with van der Waals surface area (Å²) in [4.78, 5) is 4.21. The molecule has 0 spiro atoms. The van der Waals surface area contributed by atoms with Crippen LogP contribution in [0.25, 0.3) is 0 Å². The van der Waals surface area contributed by atoms with Gasteiger partial charge in [0.05, 0.1) is 5.56 Å². The Labute approximate surface area is 113 Å². The van der Waals surface area contributed by atoms with E-state index in [1.807, 2.05) is 0 Å². The minimum absolute atomic E-state index is 0.325. The van der Waals surface area contributed by atoms with E-state index in [4.69, 9.17) is 16.9 Å². The van der Waals surface area contributed by atoms with Crippen molar-refractivity contribution in [3.05, 3.63) is 22.8 Å². The second-order valence-corrected chi connectivity index (χ2v) is 5.74. The molecular formula is C14H18ClN3. The second-order valence-electron chi connectivity index (χ2n) is 5.36. The molecule has 1 N–H and O–H groups in total. The fraction of sp³-hybridized carbons (Fsp3) is 0.571. The minimum Gasteiger partial charge on any atom is -0.368 e. The molecule has 1 saturated carbocycles. The smallest absolute Gasteiger partial charge is 0.146 e. The number of rotatable bonds is 3. The predicted octanol–water partition coefficient (Wildman–Crippen LogP) is 3.99. The third kappa shape index (κ3) is 2.94. The lowest BCUT2D eigenvalue weighted by molar-refractivity contribution is 0.233. The van der Waals surface area contributed by atoms with Crippen LogP contribution in [0.4, 0.5) is 5.82 Å². The lowest BCUT2D eigenvalue weighted by Gasteiger charge is -2.33. The predicted molar refractivity (Wildman–Crippen MR) is 73.6 cm³/mol. The maximum absolute atomic E-state index is 8.92. The number of nitrogens with zero attached hydrogens (tertiary/aromatic N) is 2. The number of aromatic nitrogens is 1. The van der Waals surface area contributed by atoms with Gasteiger partial charge in [0.2, 0.25) is 0 Å². The summed E-state index contributed by atoms with van der Waals surface area (Å²) in [6.07, 6.45) is 8.06. The summed E-state index contributed by atoms with van der Waals surface area (Å²) < 4.78 is 0. The molecule has 0 aromatic carbocycles. The Morgan fingerprint density at radius 2 is 2.17 bits per heavy atom. The number of hydrogen-bond acceptors (Lipinski definition) is 3. The van der Waals surface area contributed by atoms with Gasteiger partial charge < -0.3 is 5.32 Å². The van der Waals surface area contributed by atoms with E-state index < -0.39 is 0 Å². The summed E-state index contributed by atoms with van der Waals surface area (Å²) in [5.74, 6) is 0.627. The molecule has 0 aliphatic heterocycles. The standard InChI is InChI=1S/C14H18ClN3/c1-14(6-3-2-4-7-14)10-18-13-12(15)11(9-16)5-8-17-13/h5,8H,2-4,6-7,10H2,1H3,(H,17,18). The quantitative estimate of drug-likeness (QED) is 0.897. The summed E-state index contributed by atoms with van der Waals surface area (Å²) in [6.45, 7) is 3.18. The molecule has 4 heteroatoms. The van der Waals surface area contributed by atoms with Gasteiger partial charge in [0, 0.05) is 12.7 Å². The highest BCUT2D eigenvalue weighted by Gasteiger charge is 2.26. The van der Waals surface area contributed by atoms with Crippen molar-refractivity contribution in [1.82, 2.24) is 4.98 Å². The van der Waals surface area contributed by atoms with Crippen molar-refractivity contribution in [3.63, 3.8) is 0 Å². The molecule has 1 aliphatic carbocycles. The molecule has 96 valence electrons. The molecule has 0 saturated heterocycles. The number of pyridine rings is 1. The van der Waals surface area contributed by atoms with Crippen LogP contribution in [0.5, 0.6) is 0 Å². The Hall–Kier alpha value is -1.27. The zero-order valence-electron chi connectivity index (χ0n) is 10.7. The Balaban J connectivity index is 2.04. The monoisotopic (exact) mass is 263 g/mol. The fourth-order valence-electron chi connectivity index (χ4n) is 2.53. The zero-order valence-corrected chi connectivity index (χ0v) is 11.4. The highest BCUT2D eigenvalue weighted by Crippen LogP contribution is 2.36. The Morgan fingerprint density at radius 3 is 2.83 bits per heavy atom. The summed E-state index contributed by atoms with van der Waals surface area (Å²) in [6, 6.07) is 3.71. The number of hydrogen-bond donors (Lipinski definition) is 1. The van der Waals surface area contributed by atoms with Crippen molar-refractivity contribution in [1.29, 1.82) is 5.26 Å². The van der Waals surface area contributed by atoms with Gasteiger partial charge in [0.15, 0.2) is 0 Å². The highest BCUT2D eigenvalue weighted by atomic mass is 35.5. The van der Waals surface area contributed by atoms with Crippen LogP contribution in [0.15, 0.2) is 12.3 Å². The Bertz CT molecular complexity index is 459. The molecule has 1 aromatic heterocycles. The second kappa shape index (κ2) is 5.58. The van der Waals surface area contributed by atoms with Crippen LogP contribution >= 0.6 is 11.6 Å². The molecule has 2 rings (SSSR count). The largest absolute Gasteiger partial charge is 0.368 e. The highest BCUT2D eigenvalue weighted by molar-refractivity contribution is 6.34. The average Bonchev–Trinajstić information content (AvgIpc) is 2.38. The summed E-state index contributed by atoms with van der Waals surface area (Å²) in [5, 5.41) is 12.7. The molecule has 0 radical (unpaired) electrons. The minimum atomic E-state index is 0.325. The first-order valence-electron chi connectivity index (χ1n) is 6.43. The molecule has 0 amide bonds. The van der Waals surface area contributed by atoms with Crippen LogP contribution in [0.3, 0.4) is 0 Å². The van der Waals surface area contributed by atoms with E-state index in [-0.39, 0.29) is 0 Å². The van der Waals surface area contributed by atoms with E-state index in [1.165, 1.54) is 32.1 Å². The summed E-state index contributed by atoms with van der Waals surface area (Å²) in [5.41, 5.74) is 0.800. The van der Waals surface area contributed by atoms with Crippen molar-refractivity contribution in [2.24, 2.45) is 5.41 Å². The van der Waals surface area contributed by atoms with Gasteiger partial charge in [0.25, 0.3) is 0 Å². The van der Waals surface area contributed by atoms with Crippen molar-refractivity contribution in [2.45, 2.75) is 39.0 Å². The summed E-state index contributed by atoms with van der Waals surface area (Å²) in [7, 11) is 0. The molecule has 1 heterocycles. The zero-order chi connectivity index (χ0) is 13.0.